The molecule has 0 aliphatic rings. The normalized spacial score (nSPS) is 11.9. The second-order valence-electron chi connectivity index (χ2n) is 3.04. The van der Waals surface area contributed by atoms with E-state index in [1.54, 1.807) is 0 Å². The summed E-state index contributed by atoms with van der Waals surface area (Å²) >= 11 is 0. The molecule has 0 bridgehead atoms. The minimum atomic E-state index is -4.04. The number of methoxy groups -OCH3 is 1. The molecule has 0 amide bonds. The van der Waals surface area contributed by atoms with Crippen LogP contribution in [0, 0.1) is 6.92 Å². The first-order valence-corrected chi connectivity index (χ1v) is 5.68. The van der Waals surface area contributed by atoms with Gasteiger partial charge in [-0.15, -0.1) is 0 Å². The summed E-state index contributed by atoms with van der Waals surface area (Å²) < 4.78 is 51.8. The Morgan fingerprint density at radius 1 is 1.50 bits per heavy atom. The maximum Gasteiger partial charge on any atom is 0.280 e. The standard InChI is InChI=1S/C8H10F2N2O3S/c1-4-3-5(16(11,13)14)8(15-2)12-6(4)7(9)10/h3,7H,1-2H3,(H2,11,13,14). The Morgan fingerprint density at radius 3 is 2.44 bits per heavy atom. The smallest absolute Gasteiger partial charge is 0.280 e. The molecule has 0 aromatic carbocycles. The summed E-state index contributed by atoms with van der Waals surface area (Å²) in [6.07, 6.45) is -2.80. The van der Waals surface area contributed by atoms with Crippen LogP contribution in [0.5, 0.6) is 5.88 Å². The van der Waals surface area contributed by atoms with Crippen LogP contribution in [0.2, 0.25) is 0 Å². The molecular formula is C8H10F2N2O3S. The van der Waals surface area contributed by atoms with E-state index in [1.165, 1.54) is 6.92 Å². The van der Waals surface area contributed by atoms with Crippen LogP contribution in [0.3, 0.4) is 0 Å². The number of halogens is 2. The van der Waals surface area contributed by atoms with Crippen LogP contribution in [0.25, 0.3) is 0 Å². The third kappa shape index (κ3) is 2.45. The highest BCUT2D eigenvalue weighted by atomic mass is 32.2. The molecular weight excluding hydrogens is 242 g/mol. The van der Waals surface area contributed by atoms with Gasteiger partial charge in [0.2, 0.25) is 15.9 Å². The van der Waals surface area contributed by atoms with Crippen molar-refractivity contribution in [3.8, 4) is 5.88 Å². The highest BCUT2D eigenvalue weighted by Gasteiger charge is 2.22. The Labute approximate surface area is 91.3 Å². The van der Waals surface area contributed by atoms with E-state index in [0.29, 0.717) is 0 Å². The van der Waals surface area contributed by atoms with Gasteiger partial charge in [-0.3, -0.25) is 0 Å². The molecule has 90 valence electrons. The maximum atomic E-state index is 12.5. The number of ether oxygens (including phenoxy) is 1. The number of sulfonamides is 1. The number of aryl methyl sites for hydroxylation is 1. The molecule has 5 nitrogen and oxygen atoms in total. The van der Waals surface area contributed by atoms with Gasteiger partial charge in [0.1, 0.15) is 10.6 Å². The van der Waals surface area contributed by atoms with Gasteiger partial charge in [0, 0.05) is 0 Å². The van der Waals surface area contributed by atoms with Crippen molar-refractivity contribution in [2.75, 3.05) is 7.11 Å². The van der Waals surface area contributed by atoms with Gasteiger partial charge in [-0.05, 0) is 18.6 Å². The number of primary sulfonamides is 1. The van der Waals surface area contributed by atoms with Crippen LogP contribution in [0.4, 0.5) is 8.78 Å². The average molecular weight is 252 g/mol. The summed E-state index contributed by atoms with van der Waals surface area (Å²) in [6, 6.07) is 1.02. The second-order valence-corrected chi connectivity index (χ2v) is 4.57. The summed E-state index contributed by atoms with van der Waals surface area (Å²) in [7, 11) is -2.92. The molecule has 0 saturated carbocycles. The molecule has 0 unspecified atom stereocenters. The van der Waals surface area contributed by atoms with Crippen molar-refractivity contribution < 1.29 is 21.9 Å². The minimum absolute atomic E-state index is 0.0415. The quantitative estimate of drug-likeness (QED) is 0.869. The molecule has 0 aliphatic heterocycles. The monoisotopic (exact) mass is 252 g/mol. The van der Waals surface area contributed by atoms with Crippen LogP contribution in [-0.2, 0) is 10.0 Å². The van der Waals surface area contributed by atoms with Gasteiger partial charge in [-0.25, -0.2) is 27.3 Å². The summed E-state index contributed by atoms with van der Waals surface area (Å²) in [5.74, 6) is -0.427. The molecule has 1 rings (SSSR count). The maximum absolute atomic E-state index is 12.5. The topological polar surface area (TPSA) is 82.3 Å². The zero-order valence-electron chi connectivity index (χ0n) is 8.57. The molecule has 16 heavy (non-hydrogen) atoms. The fourth-order valence-corrected chi connectivity index (χ4v) is 1.87. The zero-order valence-corrected chi connectivity index (χ0v) is 9.38. The molecule has 2 N–H and O–H groups in total. The number of nitrogens with two attached hydrogens (primary N) is 1. The second kappa shape index (κ2) is 4.30. The summed E-state index contributed by atoms with van der Waals surface area (Å²) in [5.41, 5.74) is -0.482. The lowest BCUT2D eigenvalue weighted by Crippen LogP contribution is -2.15. The van der Waals surface area contributed by atoms with E-state index in [-0.39, 0.29) is 5.56 Å². The molecule has 0 saturated heterocycles. The van der Waals surface area contributed by atoms with Crippen molar-refractivity contribution in [1.82, 2.24) is 4.98 Å². The van der Waals surface area contributed by atoms with E-state index in [1.807, 2.05) is 0 Å². The number of pyridine rings is 1. The summed E-state index contributed by atoms with van der Waals surface area (Å²) in [6.45, 7) is 1.32. The van der Waals surface area contributed by atoms with E-state index in [2.05, 4.69) is 9.72 Å². The number of hydrogen-bond donors (Lipinski definition) is 1. The number of aromatic nitrogens is 1. The first kappa shape index (κ1) is 12.8. The Morgan fingerprint density at radius 2 is 2.06 bits per heavy atom. The lowest BCUT2D eigenvalue weighted by atomic mass is 10.2. The molecule has 0 atom stereocenters. The minimum Gasteiger partial charge on any atom is -0.480 e. The number of nitrogens with zero attached hydrogens (tertiary/aromatic N) is 1. The Balaban J connectivity index is 3.51. The van der Waals surface area contributed by atoms with Crippen LogP contribution in [0.1, 0.15) is 17.7 Å². The van der Waals surface area contributed by atoms with Crippen LogP contribution >= 0.6 is 0 Å². The van der Waals surface area contributed by atoms with E-state index < -0.39 is 32.9 Å². The predicted octanol–water partition coefficient (Wildman–Crippen LogP) is 0.984. The Bertz CT molecular complexity index is 502. The van der Waals surface area contributed by atoms with Crippen molar-refractivity contribution in [1.29, 1.82) is 0 Å². The summed E-state index contributed by atoms with van der Waals surface area (Å²) in [5, 5.41) is 4.89. The molecule has 0 fully saturated rings. The van der Waals surface area contributed by atoms with Crippen molar-refractivity contribution in [3.05, 3.63) is 17.3 Å². The van der Waals surface area contributed by atoms with Crippen molar-refractivity contribution >= 4 is 10.0 Å². The van der Waals surface area contributed by atoms with Gasteiger partial charge in [-0.1, -0.05) is 0 Å². The third-order valence-electron chi connectivity index (χ3n) is 1.89. The average Bonchev–Trinajstić information content (AvgIpc) is 2.15. The molecule has 1 aromatic heterocycles. The predicted molar refractivity (Wildman–Crippen MR) is 51.9 cm³/mol. The largest absolute Gasteiger partial charge is 0.480 e. The van der Waals surface area contributed by atoms with Gasteiger partial charge >= 0.3 is 0 Å². The van der Waals surface area contributed by atoms with Crippen molar-refractivity contribution in [2.24, 2.45) is 5.14 Å². The van der Waals surface area contributed by atoms with Crippen molar-refractivity contribution in [2.45, 2.75) is 18.2 Å². The van der Waals surface area contributed by atoms with Gasteiger partial charge in [0.15, 0.2) is 0 Å². The van der Waals surface area contributed by atoms with Gasteiger partial charge in [0.25, 0.3) is 6.43 Å². The van der Waals surface area contributed by atoms with E-state index in [0.717, 1.165) is 13.2 Å². The SMILES string of the molecule is COc1nc(C(F)F)c(C)cc1S(N)(=O)=O. The van der Waals surface area contributed by atoms with Crippen LogP contribution in [-0.4, -0.2) is 20.5 Å². The van der Waals surface area contributed by atoms with E-state index in [4.69, 9.17) is 5.14 Å². The molecule has 0 spiro atoms. The van der Waals surface area contributed by atoms with Gasteiger partial charge in [-0.2, -0.15) is 0 Å². The first-order valence-electron chi connectivity index (χ1n) is 4.14. The van der Waals surface area contributed by atoms with E-state index in [9.17, 15) is 17.2 Å². The molecule has 8 heteroatoms. The highest BCUT2D eigenvalue weighted by molar-refractivity contribution is 7.89. The molecule has 0 aliphatic carbocycles. The molecule has 0 radical (unpaired) electrons. The summed E-state index contributed by atoms with van der Waals surface area (Å²) in [4.78, 5) is 3.02. The lowest BCUT2D eigenvalue weighted by Gasteiger charge is -2.10. The highest BCUT2D eigenvalue weighted by Crippen LogP contribution is 2.28. The molecule has 1 heterocycles. The van der Waals surface area contributed by atoms with Crippen molar-refractivity contribution in [3.63, 3.8) is 0 Å². The van der Waals surface area contributed by atoms with E-state index >= 15 is 0 Å². The third-order valence-corrected chi connectivity index (χ3v) is 2.80. The van der Waals surface area contributed by atoms with Crippen LogP contribution in [0.15, 0.2) is 11.0 Å². The molecule has 1 aromatic rings. The zero-order chi connectivity index (χ0) is 12.5. The Kier molecular flexibility index (Phi) is 3.44. The number of rotatable bonds is 3. The fraction of sp³-hybridized carbons (Fsp3) is 0.375. The Hall–Kier alpha value is -1.28. The first-order chi connectivity index (χ1) is 7.27. The number of hydrogen-bond acceptors (Lipinski definition) is 4. The van der Waals surface area contributed by atoms with Crippen LogP contribution < -0.4 is 9.88 Å². The lowest BCUT2D eigenvalue weighted by molar-refractivity contribution is 0.144. The number of alkyl halides is 2. The van der Waals surface area contributed by atoms with Gasteiger partial charge in [0.05, 0.1) is 7.11 Å². The fourth-order valence-electron chi connectivity index (χ4n) is 1.16. The van der Waals surface area contributed by atoms with Gasteiger partial charge < -0.3 is 4.74 Å².